The van der Waals surface area contributed by atoms with Crippen LogP contribution in [0.15, 0.2) is 5.16 Å². The summed E-state index contributed by atoms with van der Waals surface area (Å²) in [5.74, 6) is 0.283. The highest BCUT2D eigenvalue weighted by Gasteiger charge is 2.19. The fraction of sp³-hybridized carbons (Fsp3) is 0.909. The minimum Gasteiger partial charge on any atom is -0.409 e. The van der Waals surface area contributed by atoms with Crippen LogP contribution in [-0.2, 0) is 4.74 Å². The number of amidine groups is 1. The van der Waals surface area contributed by atoms with Gasteiger partial charge in [0.1, 0.15) is 5.84 Å². The predicted octanol–water partition coefficient (Wildman–Crippen LogP) is -0.225. The maximum Gasteiger partial charge on any atom is 0.140 e. The van der Waals surface area contributed by atoms with Gasteiger partial charge in [-0.1, -0.05) is 12.1 Å². The van der Waals surface area contributed by atoms with E-state index in [1.54, 1.807) is 0 Å². The number of likely N-dealkylation sites (N-methyl/N-ethyl adjacent to an activating group) is 2. The van der Waals surface area contributed by atoms with Gasteiger partial charge in [0, 0.05) is 32.6 Å². The Morgan fingerprint density at radius 1 is 1.65 bits per heavy atom. The van der Waals surface area contributed by atoms with Crippen molar-refractivity contribution in [2.75, 3.05) is 46.4 Å². The normalized spacial score (nSPS) is 23.2. The van der Waals surface area contributed by atoms with Gasteiger partial charge in [0.15, 0.2) is 0 Å². The van der Waals surface area contributed by atoms with E-state index in [0.29, 0.717) is 6.42 Å². The van der Waals surface area contributed by atoms with Crippen LogP contribution < -0.4 is 5.73 Å². The number of hydrogen-bond acceptors (Lipinski definition) is 5. The Hall–Kier alpha value is -0.850. The van der Waals surface area contributed by atoms with Crippen LogP contribution in [0.1, 0.15) is 13.3 Å². The molecule has 0 aromatic heterocycles. The highest BCUT2D eigenvalue weighted by atomic mass is 16.5. The summed E-state index contributed by atoms with van der Waals surface area (Å²) in [6.45, 7) is 7.54. The van der Waals surface area contributed by atoms with Crippen molar-refractivity contribution in [1.82, 2.24) is 9.80 Å². The van der Waals surface area contributed by atoms with Crippen LogP contribution in [0.25, 0.3) is 0 Å². The van der Waals surface area contributed by atoms with Crippen LogP contribution in [0.5, 0.6) is 0 Å². The molecule has 0 bridgehead atoms. The minimum atomic E-state index is 0.265. The molecule has 0 spiro atoms. The van der Waals surface area contributed by atoms with Gasteiger partial charge in [0.2, 0.25) is 0 Å². The van der Waals surface area contributed by atoms with Crippen molar-refractivity contribution in [3.8, 4) is 0 Å². The van der Waals surface area contributed by atoms with E-state index in [4.69, 9.17) is 15.7 Å². The van der Waals surface area contributed by atoms with Crippen LogP contribution in [0, 0.1) is 0 Å². The standard InChI is InChI=1S/C11H24N4O2/c1-3-15(5-4-11(12)13-16)9-10-8-14(2)6-7-17-10/h10,16H,3-9H2,1-2H3,(H2,12,13). The van der Waals surface area contributed by atoms with Crippen LogP contribution in [0.3, 0.4) is 0 Å². The zero-order valence-corrected chi connectivity index (χ0v) is 10.8. The summed E-state index contributed by atoms with van der Waals surface area (Å²) in [4.78, 5) is 4.55. The van der Waals surface area contributed by atoms with Crippen molar-refractivity contribution in [1.29, 1.82) is 0 Å². The molecule has 17 heavy (non-hydrogen) atoms. The maximum atomic E-state index is 8.49. The van der Waals surface area contributed by atoms with Crippen LogP contribution >= 0.6 is 0 Å². The predicted molar refractivity (Wildman–Crippen MR) is 67.4 cm³/mol. The Morgan fingerprint density at radius 3 is 3.00 bits per heavy atom. The molecule has 1 heterocycles. The molecule has 1 unspecified atom stereocenters. The lowest BCUT2D eigenvalue weighted by atomic mass is 10.2. The van der Waals surface area contributed by atoms with Gasteiger partial charge in [0.05, 0.1) is 12.7 Å². The molecule has 1 atom stereocenters. The number of rotatable bonds is 6. The summed E-state index contributed by atoms with van der Waals surface area (Å²) in [5, 5.41) is 11.5. The number of morpholine rings is 1. The summed E-state index contributed by atoms with van der Waals surface area (Å²) < 4.78 is 5.72. The van der Waals surface area contributed by atoms with E-state index in [0.717, 1.165) is 39.3 Å². The van der Waals surface area contributed by atoms with Crippen LogP contribution in [0.4, 0.5) is 0 Å². The molecule has 100 valence electrons. The van der Waals surface area contributed by atoms with E-state index in [1.807, 2.05) is 0 Å². The van der Waals surface area contributed by atoms with E-state index in [2.05, 4.69) is 28.9 Å². The monoisotopic (exact) mass is 244 g/mol. The highest BCUT2D eigenvalue weighted by molar-refractivity contribution is 5.79. The molecule has 0 amide bonds. The molecule has 1 aliphatic rings. The molecule has 1 fully saturated rings. The summed E-state index contributed by atoms with van der Waals surface area (Å²) in [6, 6.07) is 0. The van der Waals surface area contributed by atoms with Crippen molar-refractivity contribution < 1.29 is 9.94 Å². The van der Waals surface area contributed by atoms with E-state index in [1.165, 1.54) is 0 Å². The fourth-order valence-corrected chi connectivity index (χ4v) is 1.97. The molecule has 3 N–H and O–H groups in total. The average molecular weight is 244 g/mol. The first-order valence-electron chi connectivity index (χ1n) is 6.14. The summed E-state index contributed by atoms with van der Waals surface area (Å²) >= 11 is 0. The number of ether oxygens (including phenoxy) is 1. The van der Waals surface area contributed by atoms with Gasteiger partial charge in [-0.3, -0.25) is 0 Å². The zero-order chi connectivity index (χ0) is 12.7. The van der Waals surface area contributed by atoms with Gasteiger partial charge in [-0.05, 0) is 13.6 Å². The first kappa shape index (κ1) is 14.2. The summed E-state index contributed by atoms with van der Waals surface area (Å²) in [7, 11) is 2.11. The first-order valence-corrected chi connectivity index (χ1v) is 6.14. The summed E-state index contributed by atoms with van der Waals surface area (Å²) in [6.07, 6.45) is 0.855. The first-order chi connectivity index (χ1) is 8.15. The van der Waals surface area contributed by atoms with E-state index in [9.17, 15) is 0 Å². The topological polar surface area (TPSA) is 74.3 Å². The Morgan fingerprint density at radius 2 is 2.41 bits per heavy atom. The van der Waals surface area contributed by atoms with Crippen LogP contribution in [-0.4, -0.2) is 73.3 Å². The molecule has 1 rings (SSSR count). The lowest BCUT2D eigenvalue weighted by Gasteiger charge is -2.33. The van der Waals surface area contributed by atoms with Crippen molar-refractivity contribution in [3.05, 3.63) is 0 Å². The lowest BCUT2D eigenvalue weighted by Crippen LogP contribution is -2.46. The Balaban J connectivity index is 2.30. The fourth-order valence-electron chi connectivity index (χ4n) is 1.97. The van der Waals surface area contributed by atoms with Gasteiger partial charge >= 0.3 is 0 Å². The lowest BCUT2D eigenvalue weighted by molar-refractivity contribution is -0.0347. The second kappa shape index (κ2) is 7.47. The van der Waals surface area contributed by atoms with E-state index in [-0.39, 0.29) is 11.9 Å². The number of hydrogen-bond donors (Lipinski definition) is 2. The Kier molecular flexibility index (Phi) is 6.25. The molecule has 0 radical (unpaired) electrons. The molecular weight excluding hydrogens is 220 g/mol. The number of nitrogens with zero attached hydrogens (tertiary/aromatic N) is 3. The Bertz CT molecular complexity index is 248. The third kappa shape index (κ3) is 5.34. The van der Waals surface area contributed by atoms with E-state index < -0.39 is 0 Å². The second-order valence-electron chi connectivity index (χ2n) is 4.49. The van der Waals surface area contributed by atoms with Gasteiger partial charge in [-0.25, -0.2) is 0 Å². The Labute approximate surface area is 103 Å². The molecular formula is C11H24N4O2. The quantitative estimate of drug-likeness (QED) is 0.292. The van der Waals surface area contributed by atoms with Gasteiger partial charge in [0.25, 0.3) is 0 Å². The SMILES string of the molecule is CCN(CCC(N)=NO)CC1CN(C)CCO1. The number of nitrogens with two attached hydrogens (primary N) is 1. The molecule has 0 aromatic rings. The van der Waals surface area contributed by atoms with Gasteiger partial charge < -0.3 is 25.5 Å². The van der Waals surface area contributed by atoms with Crippen LogP contribution in [0.2, 0.25) is 0 Å². The van der Waals surface area contributed by atoms with Crippen molar-refractivity contribution >= 4 is 5.84 Å². The molecule has 0 aliphatic carbocycles. The van der Waals surface area contributed by atoms with Gasteiger partial charge in [-0.2, -0.15) is 0 Å². The van der Waals surface area contributed by atoms with Gasteiger partial charge in [-0.15, -0.1) is 0 Å². The maximum absolute atomic E-state index is 8.49. The smallest absolute Gasteiger partial charge is 0.140 e. The average Bonchev–Trinajstić information content (AvgIpc) is 2.34. The van der Waals surface area contributed by atoms with Crippen molar-refractivity contribution in [3.63, 3.8) is 0 Å². The molecule has 1 aliphatic heterocycles. The van der Waals surface area contributed by atoms with E-state index >= 15 is 0 Å². The molecule has 1 saturated heterocycles. The molecule has 0 saturated carbocycles. The third-order valence-electron chi connectivity index (χ3n) is 3.06. The third-order valence-corrected chi connectivity index (χ3v) is 3.06. The van der Waals surface area contributed by atoms with Crippen molar-refractivity contribution in [2.45, 2.75) is 19.4 Å². The van der Waals surface area contributed by atoms with Crippen molar-refractivity contribution in [2.24, 2.45) is 10.9 Å². The minimum absolute atomic E-state index is 0.265. The zero-order valence-electron chi connectivity index (χ0n) is 10.8. The number of oxime groups is 1. The summed E-state index contributed by atoms with van der Waals surface area (Å²) in [5.41, 5.74) is 5.47. The second-order valence-corrected chi connectivity index (χ2v) is 4.49. The molecule has 6 heteroatoms. The highest BCUT2D eigenvalue weighted by Crippen LogP contribution is 2.05. The molecule has 6 nitrogen and oxygen atoms in total. The largest absolute Gasteiger partial charge is 0.409 e. The molecule has 0 aromatic carbocycles.